The minimum absolute atomic E-state index is 0.0138. The first kappa shape index (κ1) is 24.0. The number of hydrogen-bond acceptors (Lipinski definition) is 6. The van der Waals surface area contributed by atoms with Crippen molar-refractivity contribution in [1.29, 1.82) is 0 Å². The van der Waals surface area contributed by atoms with Crippen LogP contribution in [0.2, 0.25) is 0 Å². The Balaban J connectivity index is 1.74. The standard InChI is InChI=1S/C22H24BrN3O5S/c1-3-30-18-8-5-16(6-9-18)19-10-12-22(27)26(25-19)14-13-24-32(28,29)21-15-17(23)7-11-20(21)31-4-2/h5-12,15,24H,3-4,13-14H2,1-2H3. The molecule has 1 N–H and O–H groups in total. The molecule has 0 saturated heterocycles. The zero-order valence-corrected chi connectivity index (χ0v) is 20.1. The van der Waals surface area contributed by atoms with E-state index in [0.29, 0.717) is 23.4 Å². The van der Waals surface area contributed by atoms with Crippen molar-refractivity contribution in [3.05, 3.63) is 69.4 Å². The van der Waals surface area contributed by atoms with E-state index in [2.05, 4.69) is 25.8 Å². The molecule has 1 aromatic heterocycles. The largest absolute Gasteiger partial charge is 0.494 e. The van der Waals surface area contributed by atoms with Crippen LogP contribution >= 0.6 is 15.9 Å². The second kappa shape index (κ2) is 10.8. The van der Waals surface area contributed by atoms with Crippen molar-refractivity contribution in [1.82, 2.24) is 14.5 Å². The van der Waals surface area contributed by atoms with Crippen LogP contribution in [0.25, 0.3) is 11.3 Å². The topological polar surface area (TPSA) is 99.5 Å². The molecule has 0 unspecified atom stereocenters. The zero-order chi connectivity index (χ0) is 23.1. The molecule has 0 aliphatic carbocycles. The van der Waals surface area contributed by atoms with Crippen molar-refractivity contribution in [3.8, 4) is 22.8 Å². The maximum absolute atomic E-state index is 12.8. The number of halogens is 1. The van der Waals surface area contributed by atoms with E-state index in [4.69, 9.17) is 9.47 Å². The Morgan fingerprint density at radius 1 is 1.00 bits per heavy atom. The van der Waals surface area contributed by atoms with Gasteiger partial charge in [0.2, 0.25) is 10.0 Å². The number of ether oxygens (including phenoxy) is 2. The lowest BCUT2D eigenvalue weighted by atomic mass is 10.1. The molecule has 2 aromatic carbocycles. The predicted molar refractivity (Wildman–Crippen MR) is 126 cm³/mol. The highest BCUT2D eigenvalue weighted by atomic mass is 79.9. The number of nitrogens with one attached hydrogen (secondary N) is 1. The third kappa shape index (κ3) is 5.96. The summed E-state index contributed by atoms with van der Waals surface area (Å²) < 4.78 is 40.8. The fourth-order valence-corrected chi connectivity index (χ4v) is 4.68. The molecule has 0 amide bonds. The summed E-state index contributed by atoms with van der Waals surface area (Å²) >= 11 is 3.29. The molecule has 0 atom stereocenters. The van der Waals surface area contributed by atoms with Crippen LogP contribution in [-0.4, -0.2) is 38.0 Å². The quantitative estimate of drug-likeness (QED) is 0.438. The predicted octanol–water partition coefficient (Wildman–Crippen LogP) is 3.45. The summed E-state index contributed by atoms with van der Waals surface area (Å²) in [5.74, 6) is 1.01. The number of benzene rings is 2. The molecule has 1 heterocycles. The van der Waals surface area contributed by atoms with E-state index in [-0.39, 0.29) is 29.3 Å². The maximum atomic E-state index is 12.8. The van der Waals surface area contributed by atoms with Gasteiger partial charge in [0.25, 0.3) is 5.56 Å². The summed E-state index contributed by atoms with van der Waals surface area (Å²) in [4.78, 5) is 12.3. The van der Waals surface area contributed by atoms with E-state index < -0.39 is 10.0 Å². The van der Waals surface area contributed by atoms with Gasteiger partial charge in [-0.3, -0.25) is 4.79 Å². The van der Waals surface area contributed by atoms with Crippen molar-refractivity contribution in [2.24, 2.45) is 0 Å². The van der Waals surface area contributed by atoms with Crippen LogP contribution in [0.5, 0.6) is 11.5 Å². The van der Waals surface area contributed by atoms with Gasteiger partial charge in [0.05, 0.1) is 25.5 Å². The second-order valence-corrected chi connectivity index (χ2v) is 9.31. The minimum atomic E-state index is -3.85. The lowest BCUT2D eigenvalue weighted by molar-refractivity contribution is 0.331. The third-order valence-corrected chi connectivity index (χ3v) is 6.41. The van der Waals surface area contributed by atoms with E-state index >= 15 is 0 Å². The molecule has 10 heteroatoms. The van der Waals surface area contributed by atoms with Crippen molar-refractivity contribution < 1.29 is 17.9 Å². The average Bonchev–Trinajstić information content (AvgIpc) is 2.77. The summed E-state index contributed by atoms with van der Waals surface area (Å²) in [6.07, 6.45) is 0. The first-order chi connectivity index (χ1) is 15.3. The fraction of sp³-hybridized carbons (Fsp3) is 0.273. The Labute approximate surface area is 195 Å². The Morgan fingerprint density at radius 3 is 2.41 bits per heavy atom. The van der Waals surface area contributed by atoms with Gasteiger partial charge in [-0.05, 0) is 62.4 Å². The SMILES string of the molecule is CCOc1ccc(-c2ccc(=O)n(CCNS(=O)(=O)c3cc(Br)ccc3OCC)n2)cc1. The molecule has 3 rings (SSSR count). The Bertz CT molecular complexity index is 1230. The van der Waals surface area contributed by atoms with Crippen LogP contribution in [-0.2, 0) is 16.6 Å². The first-order valence-corrected chi connectivity index (χ1v) is 12.3. The van der Waals surface area contributed by atoms with Gasteiger partial charge < -0.3 is 9.47 Å². The van der Waals surface area contributed by atoms with Gasteiger partial charge >= 0.3 is 0 Å². The summed E-state index contributed by atoms with van der Waals surface area (Å²) in [6.45, 7) is 4.66. The molecular weight excluding hydrogens is 498 g/mol. The lowest BCUT2D eigenvalue weighted by Crippen LogP contribution is -2.32. The summed E-state index contributed by atoms with van der Waals surface area (Å²) in [7, 11) is -3.85. The molecule has 0 saturated carbocycles. The molecule has 0 bridgehead atoms. The molecule has 0 aliphatic rings. The van der Waals surface area contributed by atoms with E-state index in [9.17, 15) is 13.2 Å². The monoisotopic (exact) mass is 521 g/mol. The van der Waals surface area contributed by atoms with Gasteiger partial charge in [0, 0.05) is 22.6 Å². The van der Waals surface area contributed by atoms with Crippen LogP contribution in [0.4, 0.5) is 0 Å². The third-order valence-electron chi connectivity index (χ3n) is 4.44. The van der Waals surface area contributed by atoms with Crippen LogP contribution in [0.1, 0.15) is 13.8 Å². The van der Waals surface area contributed by atoms with Crippen molar-refractivity contribution >= 4 is 26.0 Å². The molecule has 0 fully saturated rings. The molecule has 0 aliphatic heterocycles. The Hall–Kier alpha value is -2.69. The Kier molecular flexibility index (Phi) is 8.05. The lowest BCUT2D eigenvalue weighted by Gasteiger charge is -2.13. The zero-order valence-electron chi connectivity index (χ0n) is 17.7. The second-order valence-electron chi connectivity index (χ2n) is 6.66. The summed E-state index contributed by atoms with van der Waals surface area (Å²) in [5.41, 5.74) is 1.09. The van der Waals surface area contributed by atoms with Gasteiger partial charge in [0.15, 0.2) is 0 Å². The summed E-state index contributed by atoms with van der Waals surface area (Å²) in [6, 6.07) is 15.2. The van der Waals surface area contributed by atoms with Gasteiger partial charge in [-0.25, -0.2) is 17.8 Å². The van der Waals surface area contributed by atoms with Crippen LogP contribution in [0.3, 0.4) is 0 Å². The van der Waals surface area contributed by atoms with Crippen molar-refractivity contribution in [3.63, 3.8) is 0 Å². The normalized spacial score (nSPS) is 11.3. The number of rotatable bonds is 10. The highest BCUT2D eigenvalue weighted by molar-refractivity contribution is 9.10. The van der Waals surface area contributed by atoms with Gasteiger partial charge in [-0.15, -0.1) is 0 Å². The number of hydrogen-bond donors (Lipinski definition) is 1. The fourth-order valence-electron chi connectivity index (χ4n) is 2.98. The van der Waals surface area contributed by atoms with E-state index in [0.717, 1.165) is 11.3 Å². The van der Waals surface area contributed by atoms with Gasteiger partial charge in [-0.1, -0.05) is 15.9 Å². The molecule has 0 radical (unpaired) electrons. The number of aromatic nitrogens is 2. The van der Waals surface area contributed by atoms with Crippen LogP contribution in [0, 0.1) is 0 Å². The van der Waals surface area contributed by atoms with Crippen molar-refractivity contribution in [2.45, 2.75) is 25.3 Å². The summed E-state index contributed by atoms with van der Waals surface area (Å²) in [5, 5.41) is 4.37. The van der Waals surface area contributed by atoms with Gasteiger partial charge in [0.1, 0.15) is 16.4 Å². The molecular formula is C22H24BrN3O5S. The van der Waals surface area contributed by atoms with Gasteiger partial charge in [-0.2, -0.15) is 5.10 Å². The smallest absolute Gasteiger partial charge is 0.266 e. The number of nitrogens with zero attached hydrogens (tertiary/aromatic N) is 2. The highest BCUT2D eigenvalue weighted by Crippen LogP contribution is 2.27. The van der Waals surface area contributed by atoms with Crippen LogP contribution < -0.4 is 19.8 Å². The molecule has 3 aromatic rings. The van der Waals surface area contributed by atoms with Crippen molar-refractivity contribution in [2.75, 3.05) is 19.8 Å². The minimum Gasteiger partial charge on any atom is -0.494 e. The van der Waals surface area contributed by atoms with Crippen LogP contribution in [0.15, 0.2) is 68.8 Å². The molecule has 170 valence electrons. The molecule has 8 nitrogen and oxygen atoms in total. The number of sulfonamides is 1. The Morgan fingerprint density at radius 2 is 1.72 bits per heavy atom. The average molecular weight is 522 g/mol. The van der Waals surface area contributed by atoms with E-state index in [1.54, 1.807) is 25.1 Å². The van der Waals surface area contributed by atoms with E-state index in [1.807, 2.05) is 31.2 Å². The highest BCUT2D eigenvalue weighted by Gasteiger charge is 2.20. The van der Waals surface area contributed by atoms with E-state index in [1.165, 1.54) is 16.8 Å². The maximum Gasteiger partial charge on any atom is 0.266 e. The first-order valence-electron chi connectivity index (χ1n) is 10.1. The molecule has 0 spiro atoms. The molecule has 32 heavy (non-hydrogen) atoms.